The largest absolute Gasteiger partial charge is 0.377 e. The second-order valence-electron chi connectivity index (χ2n) is 4.75. The van der Waals surface area contributed by atoms with Crippen molar-refractivity contribution in [2.24, 2.45) is 5.73 Å². The summed E-state index contributed by atoms with van der Waals surface area (Å²) < 4.78 is 5.14. The molecule has 4 heteroatoms. The van der Waals surface area contributed by atoms with Gasteiger partial charge in [-0.1, -0.05) is 0 Å². The molecule has 0 aromatic heterocycles. The van der Waals surface area contributed by atoms with Crippen molar-refractivity contribution >= 4 is 0 Å². The predicted molar refractivity (Wildman–Crippen MR) is 56.3 cm³/mol. The highest BCUT2D eigenvalue weighted by molar-refractivity contribution is 4.91. The van der Waals surface area contributed by atoms with Crippen LogP contribution in [0, 0.1) is 0 Å². The van der Waals surface area contributed by atoms with Crippen LogP contribution in [-0.2, 0) is 4.74 Å². The number of nitrogens with zero attached hydrogens (tertiary/aromatic N) is 2. The van der Waals surface area contributed by atoms with E-state index in [-0.39, 0.29) is 5.54 Å². The summed E-state index contributed by atoms with van der Waals surface area (Å²) in [5.74, 6) is 0. The molecule has 0 aromatic rings. The highest BCUT2D eigenvalue weighted by Gasteiger charge is 2.34. The number of nitrogens with two attached hydrogens (primary N) is 1. The molecule has 2 N–H and O–H groups in total. The minimum absolute atomic E-state index is 0.0106. The van der Waals surface area contributed by atoms with Crippen LogP contribution in [0.15, 0.2) is 0 Å². The van der Waals surface area contributed by atoms with Gasteiger partial charge in [0.2, 0.25) is 0 Å². The predicted octanol–water partition coefficient (Wildman–Crippen LogP) is -0.648. The van der Waals surface area contributed by atoms with Crippen LogP contribution in [0.4, 0.5) is 0 Å². The first-order chi connectivity index (χ1) is 6.68. The molecule has 0 radical (unpaired) electrons. The fraction of sp³-hybridized carbons (Fsp3) is 1.00. The molecule has 4 nitrogen and oxygen atoms in total. The Kier molecular flexibility index (Phi) is 3.07. The molecule has 0 saturated carbocycles. The van der Waals surface area contributed by atoms with Crippen molar-refractivity contribution in [3.63, 3.8) is 0 Å². The molecule has 0 unspecified atom stereocenters. The zero-order valence-electron chi connectivity index (χ0n) is 9.04. The molecule has 14 heavy (non-hydrogen) atoms. The summed E-state index contributed by atoms with van der Waals surface area (Å²) in [5.41, 5.74) is 6.07. The summed E-state index contributed by atoms with van der Waals surface area (Å²) in [4.78, 5) is 4.88. The fourth-order valence-electron chi connectivity index (χ4n) is 1.96. The lowest BCUT2D eigenvalue weighted by Crippen LogP contribution is -2.59. The monoisotopic (exact) mass is 199 g/mol. The van der Waals surface area contributed by atoms with Gasteiger partial charge in [-0.3, -0.25) is 0 Å². The van der Waals surface area contributed by atoms with Crippen molar-refractivity contribution in [3.8, 4) is 0 Å². The maximum atomic E-state index is 6.09. The van der Waals surface area contributed by atoms with Gasteiger partial charge in [-0.05, 0) is 13.5 Å². The maximum absolute atomic E-state index is 6.09. The van der Waals surface area contributed by atoms with Gasteiger partial charge >= 0.3 is 0 Å². The Bertz CT molecular complexity index is 186. The van der Waals surface area contributed by atoms with E-state index in [1.165, 1.54) is 26.2 Å². The second kappa shape index (κ2) is 4.14. The van der Waals surface area contributed by atoms with E-state index < -0.39 is 0 Å². The Morgan fingerprint density at radius 1 is 1.21 bits per heavy atom. The van der Waals surface area contributed by atoms with Crippen LogP contribution in [0.25, 0.3) is 0 Å². The molecule has 0 aliphatic carbocycles. The van der Waals surface area contributed by atoms with Gasteiger partial charge in [-0.25, -0.2) is 0 Å². The standard InChI is InChI=1S/C10H21N3O/c1-12-4-6-13(7-5-12)3-2-10(11)8-14-9-10/h2-9,11H2,1H3. The number of rotatable bonds is 3. The van der Waals surface area contributed by atoms with Gasteiger partial charge in [0.15, 0.2) is 0 Å². The van der Waals surface area contributed by atoms with Crippen molar-refractivity contribution in [1.29, 1.82) is 0 Å². The lowest BCUT2D eigenvalue weighted by molar-refractivity contribution is -0.0614. The van der Waals surface area contributed by atoms with Crippen LogP contribution in [0.5, 0.6) is 0 Å². The molecular weight excluding hydrogens is 178 g/mol. The minimum atomic E-state index is -0.0106. The minimum Gasteiger partial charge on any atom is -0.377 e. The number of ether oxygens (including phenoxy) is 1. The van der Waals surface area contributed by atoms with Crippen LogP contribution in [-0.4, -0.2) is 68.3 Å². The summed E-state index contributed by atoms with van der Waals surface area (Å²) >= 11 is 0. The van der Waals surface area contributed by atoms with E-state index in [0.717, 1.165) is 26.2 Å². The second-order valence-corrected chi connectivity index (χ2v) is 4.75. The lowest BCUT2D eigenvalue weighted by Gasteiger charge is -2.40. The summed E-state index contributed by atoms with van der Waals surface area (Å²) in [6.07, 6.45) is 1.08. The molecule has 0 atom stereocenters. The molecule has 2 heterocycles. The van der Waals surface area contributed by atoms with Crippen molar-refractivity contribution < 1.29 is 4.74 Å². The summed E-state index contributed by atoms with van der Waals surface area (Å²) in [7, 11) is 2.18. The van der Waals surface area contributed by atoms with Gasteiger partial charge in [0.1, 0.15) is 0 Å². The van der Waals surface area contributed by atoms with E-state index in [4.69, 9.17) is 10.5 Å². The molecule has 0 bridgehead atoms. The van der Waals surface area contributed by atoms with Gasteiger partial charge in [0.25, 0.3) is 0 Å². The Labute approximate surface area is 86.0 Å². The first-order valence-electron chi connectivity index (χ1n) is 5.46. The van der Waals surface area contributed by atoms with Gasteiger partial charge in [0.05, 0.1) is 18.8 Å². The Hall–Kier alpha value is -0.160. The van der Waals surface area contributed by atoms with E-state index in [2.05, 4.69) is 16.8 Å². The van der Waals surface area contributed by atoms with Crippen molar-refractivity contribution in [2.75, 3.05) is 53.0 Å². The topological polar surface area (TPSA) is 41.7 Å². The van der Waals surface area contributed by atoms with Gasteiger partial charge in [-0.15, -0.1) is 0 Å². The van der Waals surface area contributed by atoms with E-state index in [9.17, 15) is 0 Å². The first kappa shape index (κ1) is 10.4. The molecule has 0 spiro atoms. The Morgan fingerprint density at radius 3 is 2.36 bits per heavy atom. The number of likely N-dealkylation sites (N-methyl/N-ethyl adjacent to an activating group) is 1. The van der Waals surface area contributed by atoms with E-state index >= 15 is 0 Å². The third-order valence-electron chi connectivity index (χ3n) is 3.30. The summed E-state index contributed by atoms with van der Waals surface area (Å²) in [6, 6.07) is 0. The van der Waals surface area contributed by atoms with Gasteiger partial charge in [-0.2, -0.15) is 0 Å². The normalized spacial score (nSPS) is 28.7. The zero-order valence-corrected chi connectivity index (χ0v) is 9.04. The molecule has 2 rings (SSSR count). The number of hydrogen-bond donors (Lipinski definition) is 1. The van der Waals surface area contributed by atoms with E-state index in [1.54, 1.807) is 0 Å². The highest BCUT2D eigenvalue weighted by atomic mass is 16.5. The van der Waals surface area contributed by atoms with Crippen molar-refractivity contribution in [2.45, 2.75) is 12.0 Å². The fourth-order valence-corrected chi connectivity index (χ4v) is 1.96. The lowest BCUT2D eigenvalue weighted by atomic mass is 9.94. The highest BCUT2D eigenvalue weighted by Crippen LogP contribution is 2.18. The van der Waals surface area contributed by atoms with Gasteiger partial charge in [0, 0.05) is 32.7 Å². The summed E-state index contributed by atoms with van der Waals surface area (Å²) in [5, 5.41) is 0. The Morgan fingerprint density at radius 2 is 1.86 bits per heavy atom. The van der Waals surface area contributed by atoms with E-state index in [0.29, 0.717) is 0 Å². The quantitative estimate of drug-likeness (QED) is 0.656. The molecule has 0 amide bonds. The molecule has 2 saturated heterocycles. The van der Waals surface area contributed by atoms with Crippen LogP contribution >= 0.6 is 0 Å². The van der Waals surface area contributed by atoms with Crippen LogP contribution < -0.4 is 5.73 Å². The zero-order chi connectivity index (χ0) is 10.0. The molecule has 82 valence electrons. The van der Waals surface area contributed by atoms with Gasteiger partial charge < -0.3 is 20.3 Å². The maximum Gasteiger partial charge on any atom is 0.0670 e. The van der Waals surface area contributed by atoms with Crippen molar-refractivity contribution in [1.82, 2.24) is 9.80 Å². The SMILES string of the molecule is CN1CCN(CCC2(N)COC2)CC1. The summed E-state index contributed by atoms with van der Waals surface area (Å²) in [6.45, 7) is 7.39. The first-order valence-corrected chi connectivity index (χ1v) is 5.46. The molecular formula is C10H21N3O. The van der Waals surface area contributed by atoms with E-state index in [1.807, 2.05) is 0 Å². The number of hydrogen-bond acceptors (Lipinski definition) is 4. The third kappa shape index (κ3) is 2.45. The smallest absolute Gasteiger partial charge is 0.0670 e. The van der Waals surface area contributed by atoms with Crippen molar-refractivity contribution in [3.05, 3.63) is 0 Å². The molecule has 2 aliphatic rings. The molecule has 0 aromatic carbocycles. The van der Waals surface area contributed by atoms with Crippen LogP contribution in [0.1, 0.15) is 6.42 Å². The number of piperazine rings is 1. The van der Waals surface area contributed by atoms with Crippen LogP contribution in [0.3, 0.4) is 0 Å². The average molecular weight is 199 g/mol. The Balaban J connectivity index is 1.65. The molecule has 2 aliphatic heterocycles. The average Bonchev–Trinajstić information content (AvgIpc) is 2.14. The third-order valence-corrected chi connectivity index (χ3v) is 3.30. The molecule has 2 fully saturated rings. The van der Waals surface area contributed by atoms with Crippen LogP contribution in [0.2, 0.25) is 0 Å².